The van der Waals surface area contributed by atoms with Crippen LogP contribution in [0.3, 0.4) is 0 Å². The van der Waals surface area contributed by atoms with E-state index in [9.17, 15) is 4.79 Å². The second-order valence-electron chi connectivity index (χ2n) is 2.82. The van der Waals surface area contributed by atoms with Gasteiger partial charge < -0.3 is 4.74 Å². The average Bonchev–Trinajstić information content (AvgIpc) is 2.25. The van der Waals surface area contributed by atoms with Gasteiger partial charge in [0.25, 0.3) is 5.91 Å². The minimum atomic E-state index is -0.344. The van der Waals surface area contributed by atoms with Crippen LogP contribution in [0.5, 0.6) is 5.75 Å². The van der Waals surface area contributed by atoms with Gasteiger partial charge in [0.2, 0.25) is 0 Å². The molecular formula is C10H11BrClNO3. The van der Waals surface area contributed by atoms with Crippen molar-refractivity contribution in [2.75, 3.05) is 13.2 Å². The standard InChI is InChI=1S/C10H11BrClNO3/c1-2-16-13-10(14)6-15-9-4-3-7(12)5-8(9)11/h3-5H,2,6H2,1H3,(H,13,14). The molecule has 0 radical (unpaired) electrons. The van der Waals surface area contributed by atoms with Crippen LogP contribution in [0.25, 0.3) is 0 Å². The van der Waals surface area contributed by atoms with Crippen LogP contribution in [0.4, 0.5) is 0 Å². The molecule has 0 saturated carbocycles. The maximum atomic E-state index is 11.2. The second kappa shape index (κ2) is 6.73. The molecule has 16 heavy (non-hydrogen) atoms. The monoisotopic (exact) mass is 307 g/mol. The molecule has 4 nitrogen and oxygen atoms in total. The van der Waals surface area contributed by atoms with Gasteiger partial charge in [-0.15, -0.1) is 0 Å². The molecule has 1 aromatic carbocycles. The minimum Gasteiger partial charge on any atom is -0.483 e. The predicted molar refractivity (Wildman–Crippen MR) is 64.4 cm³/mol. The molecule has 0 aliphatic carbocycles. The minimum absolute atomic E-state index is 0.111. The zero-order chi connectivity index (χ0) is 12.0. The third-order valence-corrected chi connectivity index (χ3v) is 2.44. The van der Waals surface area contributed by atoms with Crippen LogP contribution < -0.4 is 10.2 Å². The molecule has 0 spiro atoms. The largest absolute Gasteiger partial charge is 0.483 e. The number of ether oxygens (including phenoxy) is 1. The summed E-state index contributed by atoms with van der Waals surface area (Å²) in [6.07, 6.45) is 0. The maximum absolute atomic E-state index is 11.2. The van der Waals surface area contributed by atoms with Crippen molar-refractivity contribution in [1.82, 2.24) is 5.48 Å². The summed E-state index contributed by atoms with van der Waals surface area (Å²) in [6.45, 7) is 2.08. The molecule has 1 N–H and O–H groups in total. The summed E-state index contributed by atoms with van der Waals surface area (Å²) in [5.41, 5.74) is 2.23. The van der Waals surface area contributed by atoms with Gasteiger partial charge in [-0.05, 0) is 41.1 Å². The number of hydrogen-bond acceptors (Lipinski definition) is 3. The first-order valence-electron chi connectivity index (χ1n) is 4.62. The quantitative estimate of drug-likeness (QED) is 0.850. The molecule has 1 amide bonds. The lowest BCUT2D eigenvalue weighted by Crippen LogP contribution is -2.29. The first kappa shape index (κ1) is 13.3. The Morgan fingerprint density at radius 2 is 2.31 bits per heavy atom. The fraction of sp³-hybridized carbons (Fsp3) is 0.300. The summed E-state index contributed by atoms with van der Waals surface area (Å²) < 4.78 is 5.95. The van der Waals surface area contributed by atoms with Gasteiger partial charge in [0.15, 0.2) is 6.61 Å². The van der Waals surface area contributed by atoms with Crippen LogP contribution in [-0.2, 0) is 9.63 Å². The number of hydroxylamine groups is 1. The summed E-state index contributed by atoms with van der Waals surface area (Å²) in [5, 5.41) is 0.595. The van der Waals surface area contributed by atoms with Crippen molar-refractivity contribution >= 4 is 33.4 Å². The Morgan fingerprint density at radius 1 is 1.56 bits per heavy atom. The van der Waals surface area contributed by atoms with Crippen molar-refractivity contribution in [3.8, 4) is 5.75 Å². The summed E-state index contributed by atoms with van der Waals surface area (Å²) in [4.78, 5) is 15.9. The van der Waals surface area contributed by atoms with Gasteiger partial charge in [-0.2, -0.15) is 0 Å². The molecule has 88 valence electrons. The molecule has 0 unspecified atom stereocenters. The van der Waals surface area contributed by atoms with E-state index in [0.29, 0.717) is 21.9 Å². The summed E-state index contributed by atoms with van der Waals surface area (Å²) in [7, 11) is 0. The van der Waals surface area contributed by atoms with E-state index >= 15 is 0 Å². The topological polar surface area (TPSA) is 47.6 Å². The predicted octanol–water partition coefficient (Wildman–Crippen LogP) is 2.55. The number of halogens is 2. The molecule has 6 heteroatoms. The van der Waals surface area contributed by atoms with Crippen LogP contribution in [-0.4, -0.2) is 19.1 Å². The van der Waals surface area contributed by atoms with E-state index in [2.05, 4.69) is 21.4 Å². The first-order valence-corrected chi connectivity index (χ1v) is 5.79. The highest BCUT2D eigenvalue weighted by atomic mass is 79.9. The van der Waals surface area contributed by atoms with Crippen LogP contribution >= 0.6 is 27.5 Å². The zero-order valence-corrected chi connectivity index (χ0v) is 11.0. The number of carbonyl (C=O) groups excluding carboxylic acids is 1. The molecule has 0 atom stereocenters. The van der Waals surface area contributed by atoms with Crippen molar-refractivity contribution in [2.45, 2.75) is 6.92 Å². The molecule has 0 fully saturated rings. The van der Waals surface area contributed by atoms with Gasteiger partial charge in [-0.3, -0.25) is 9.63 Å². The molecule has 0 aliphatic heterocycles. The zero-order valence-electron chi connectivity index (χ0n) is 8.63. The van der Waals surface area contributed by atoms with Crippen molar-refractivity contribution in [1.29, 1.82) is 0 Å². The van der Waals surface area contributed by atoms with E-state index in [1.807, 2.05) is 0 Å². The highest BCUT2D eigenvalue weighted by molar-refractivity contribution is 9.10. The smallest absolute Gasteiger partial charge is 0.281 e. The molecule has 1 rings (SSSR count). The van der Waals surface area contributed by atoms with Gasteiger partial charge in [0, 0.05) is 5.02 Å². The van der Waals surface area contributed by atoms with E-state index in [0.717, 1.165) is 0 Å². The summed E-state index contributed by atoms with van der Waals surface area (Å²) in [6, 6.07) is 5.06. The van der Waals surface area contributed by atoms with Crippen molar-refractivity contribution < 1.29 is 14.4 Å². The SMILES string of the molecule is CCONC(=O)COc1ccc(Cl)cc1Br. The normalized spacial score (nSPS) is 9.94. The van der Waals surface area contributed by atoms with Crippen molar-refractivity contribution in [2.24, 2.45) is 0 Å². The van der Waals surface area contributed by atoms with E-state index in [4.69, 9.17) is 21.2 Å². The van der Waals surface area contributed by atoms with Crippen LogP contribution in [0.2, 0.25) is 5.02 Å². The number of benzene rings is 1. The van der Waals surface area contributed by atoms with E-state index in [-0.39, 0.29) is 12.5 Å². The number of carbonyl (C=O) groups is 1. The Hall–Kier alpha value is -0.780. The highest BCUT2D eigenvalue weighted by Crippen LogP contribution is 2.27. The van der Waals surface area contributed by atoms with Crippen molar-refractivity contribution in [3.63, 3.8) is 0 Å². The Bertz CT molecular complexity index is 373. The lowest BCUT2D eigenvalue weighted by atomic mass is 10.3. The number of nitrogens with one attached hydrogen (secondary N) is 1. The van der Waals surface area contributed by atoms with Gasteiger partial charge >= 0.3 is 0 Å². The van der Waals surface area contributed by atoms with Gasteiger partial charge in [-0.1, -0.05) is 11.6 Å². The molecular weight excluding hydrogens is 297 g/mol. The van der Waals surface area contributed by atoms with E-state index in [1.54, 1.807) is 25.1 Å². The van der Waals surface area contributed by atoms with Gasteiger partial charge in [0.05, 0.1) is 11.1 Å². The second-order valence-corrected chi connectivity index (χ2v) is 4.11. The lowest BCUT2D eigenvalue weighted by molar-refractivity contribution is -0.135. The summed E-state index contributed by atoms with van der Waals surface area (Å²) in [5.74, 6) is 0.208. The van der Waals surface area contributed by atoms with Crippen LogP contribution in [0.1, 0.15) is 6.92 Å². The third-order valence-electron chi connectivity index (χ3n) is 1.58. The first-order chi connectivity index (χ1) is 7.63. The van der Waals surface area contributed by atoms with Crippen LogP contribution in [0.15, 0.2) is 22.7 Å². The van der Waals surface area contributed by atoms with Gasteiger partial charge in [0.1, 0.15) is 5.75 Å². The molecule has 0 aliphatic rings. The number of amides is 1. The molecule has 0 heterocycles. The van der Waals surface area contributed by atoms with E-state index in [1.165, 1.54) is 0 Å². The summed E-state index contributed by atoms with van der Waals surface area (Å²) >= 11 is 9.04. The number of hydrogen-bond donors (Lipinski definition) is 1. The highest BCUT2D eigenvalue weighted by Gasteiger charge is 2.05. The fourth-order valence-corrected chi connectivity index (χ4v) is 1.71. The lowest BCUT2D eigenvalue weighted by Gasteiger charge is -2.08. The molecule has 1 aromatic rings. The maximum Gasteiger partial charge on any atom is 0.281 e. The Balaban J connectivity index is 2.45. The molecule has 0 saturated heterocycles. The van der Waals surface area contributed by atoms with E-state index < -0.39 is 0 Å². The van der Waals surface area contributed by atoms with Crippen molar-refractivity contribution in [3.05, 3.63) is 27.7 Å². The van der Waals surface area contributed by atoms with Gasteiger partial charge in [-0.25, -0.2) is 5.48 Å². The third kappa shape index (κ3) is 4.38. The number of rotatable bonds is 5. The average molecular weight is 309 g/mol. The Kier molecular flexibility index (Phi) is 5.59. The molecule has 0 aromatic heterocycles. The van der Waals surface area contributed by atoms with Crippen LogP contribution in [0, 0.1) is 0 Å². The fourth-order valence-electron chi connectivity index (χ4n) is 0.918. The molecule has 0 bridgehead atoms. The Morgan fingerprint density at radius 3 is 2.94 bits per heavy atom. The Labute approximate surface area is 107 Å².